The molecule has 0 radical (unpaired) electrons. The number of hydrogen-bond donors (Lipinski definition) is 2. The minimum Gasteiger partial charge on any atom is -0.461 e. The van der Waals surface area contributed by atoms with Crippen molar-refractivity contribution < 1.29 is 24.3 Å². The van der Waals surface area contributed by atoms with Crippen LogP contribution in [-0.4, -0.2) is 47.0 Å². The van der Waals surface area contributed by atoms with Crippen molar-refractivity contribution >= 4 is 19.9 Å². The number of aliphatic hydroxyl groups is 2. The molecule has 0 fully saturated rings. The lowest BCUT2D eigenvalue weighted by Crippen LogP contribution is -2.52. The van der Waals surface area contributed by atoms with Crippen LogP contribution in [0.1, 0.15) is 110 Å². The average Bonchev–Trinajstić information content (AvgIpc) is 3.58. The SMILES string of the molecule is CB(OC(C)(C)C(C)(C)O)c1cccc(-c2cccc(C(Cc3cccc(C4C=CC=C(BOC(C)(C)C(C)(C)O)C4)c3)C3=CC(C)C4C(=C3)OC3=C4CCC=C3)c2)c1. The number of hydrogen-bond acceptors (Lipinski definition) is 5. The molecule has 308 valence electrons. The van der Waals surface area contributed by atoms with Gasteiger partial charge in [-0.2, -0.15) is 0 Å². The minimum atomic E-state index is -0.990. The topological polar surface area (TPSA) is 68.2 Å². The first-order valence-electron chi connectivity index (χ1n) is 21.7. The van der Waals surface area contributed by atoms with Gasteiger partial charge < -0.3 is 24.3 Å². The first-order valence-corrected chi connectivity index (χ1v) is 21.7. The summed E-state index contributed by atoms with van der Waals surface area (Å²) < 4.78 is 19.3. The second-order valence-electron chi connectivity index (χ2n) is 19.4. The van der Waals surface area contributed by atoms with Gasteiger partial charge in [-0.05, 0) is 144 Å². The Morgan fingerprint density at radius 3 is 2.34 bits per heavy atom. The molecule has 0 amide bonds. The molecular weight excluding hydrogens is 726 g/mol. The molecule has 3 aromatic rings. The van der Waals surface area contributed by atoms with E-state index in [2.05, 4.69) is 129 Å². The molecule has 0 saturated heterocycles. The Balaban J connectivity index is 1.18. The van der Waals surface area contributed by atoms with Crippen molar-refractivity contribution in [2.24, 2.45) is 11.8 Å². The third-order valence-electron chi connectivity index (χ3n) is 13.8. The van der Waals surface area contributed by atoms with Crippen molar-refractivity contribution in [3.8, 4) is 11.1 Å². The lowest BCUT2D eigenvalue weighted by Gasteiger charge is -2.39. The number of ether oxygens (including phenoxy) is 1. The predicted molar refractivity (Wildman–Crippen MR) is 246 cm³/mol. The number of allylic oxidation sites excluding steroid dienone is 10. The van der Waals surface area contributed by atoms with Crippen molar-refractivity contribution in [1.29, 1.82) is 0 Å². The molecule has 4 unspecified atom stereocenters. The third-order valence-corrected chi connectivity index (χ3v) is 13.8. The Hall–Kier alpha value is -4.13. The number of benzene rings is 3. The quantitative estimate of drug-likeness (QED) is 0.159. The molecule has 0 spiro atoms. The second-order valence-corrected chi connectivity index (χ2v) is 19.4. The molecular formula is C52H64B2O5. The van der Waals surface area contributed by atoms with Crippen LogP contribution in [0.4, 0.5) is 0 Å². The highest BCUT2D eigenvalue weighted by atomic mass is 16.5. The van der Waals surface area contributed by atoms with Gasteiger partial charge in [0.2, 0.25) is 0 Å². The summed E-state index contributed by atoms with van der Waals surface area (Å²) in [6.45, 7) is 19.2. The van der Waals surface area contributed by atoms with Crippen LogP contribution < -0.4 is 5.46 Å². The van der Waals surface area contributed by atoms with E-state index in [4.69, 9.17) is 14.0 Å². The standard InChI is InChI=1S/C52H64B2O5/c1-34-27-41(33-47-48(34)44-25-11-12-26-46(44)57-47)45(29-35-17-13-18-36(28-35)38-20-15-23-42(31-38)53-58-51(6,7)49(2,3)55)40-22-14-19-37(30-40)39-21-16-24-43(32-39)54(10)59-52(8,9)50(4,5)56/h12-24,26-28,30,32-34,38,45,48,53,55-56H,11,25,29,31H2,1-10H3. The molecule has 4 aliphatic rings. The van der Waals surface area contributed by atoms with E-state index in [9.17, 15) is 10.2 Å². The maximum absolute atomic E-state index is 10.8. The predicted octanol–water partition coefficient (Wildman–Crippen LogP) is 10.6. The van der Waals surface area contributed by atoms with Gasteiger partial charge in [-0.15, -0.1) is 0 Å². The fraction of sp³-hybridized carbons (Fsp3) is 0.423. The van der Waals surface area contributed by atoms with E-state index in [1.807, 2.05) is 27.7 Å². The van der Waals surface area contributed by atoms with Gasteiger partial charge in [-0.3, -0.25) is 0 Å². The van der Waals surface area contributed by atoms with E-state index in [1.54, 1.807) is 27.7 Å². The normalized spacial score (nSPS) is 21.2. The van der Waals surface area contributed by atoms with Crippen molar-refractivity contribution in [3.63, 3.8) is 0 Å². The largest absolute Gasteiger partial charge is 0.461 e. The van der Waals surface area contributed by atoms with E-state index >= 15 is 0 Å². The van der Waals surface area contributed by atoms with E-state index in [0.29, 0.717) is 19.3 Å². The van der Waals surface area contributed by atoms with Gasteiger partial charge in [0.1, 0.15) is 11.5 Å². The van der Waals surface area contributed by atoms with Crippen LogP contribution in [0.3, 0.4) is 0 Å². The highest BCUT2D eigenvalue weighted by Crippen LogP contribution is 2.49. The van der Waals surface area contributed by atoms with E-state index in [1.165, 1.54) is 33.3 Å². The molecule has 7 rings (SSSR count). The first-order chi connectivity index (χ1) is 27.8. The van der Waals surface area contributed by atoms with Crippen LogP contribution in [0.2, 0.25) is 6.82 Å². The Morgan fingerprint density at radius 1 is 0.881 bits per heavy atom. The monoisotopic (exact) mass is 790 g/mol. The zero-order valence-corrected chi connectivity index (χ0v) is 37.0. The molecule has 1 heterocycles. The van der Waals surface area contributed by atoms with Crippen molar-refractivity contribution in [2.75, 3.05) is 0 Å². The lowest BCUT2D eigenvalue weighted by molar-refractivity contribution is -0.0918. The molecule has 2 N–H and O–H groups in total. The highest BCUT2D eigenvalue weighted by Gasteiger charge is 2.40. The molecule has 5 nitrogen and oxygen atoms in total. The number of fused-ring (bicyclic) bond motifs is 2. The summed E-state index contributed by atoms with van der Waals surface area (Å²) in [5.41, 5.74) is 7.87. The lowest BCUT2D eigenvalue weighted by atomic mass is 9.62. The van der Waals surface area contributed by atoms with Crippen LogP contribution in [0.15, 0.2) is 143 Å². The molecule has 7 heteroatoms. The second kappa shape index (κ2) is 16.7. The van der Waals surface area contributed by atoms with Crippen LogP contribution in [0, 0.1) is 11.8 Å². The van der Waals surface area contributed by atoms with Crippen LogP contribution in [0.25, 0.3) is 11.1 Å². The third kappa shape index (κ3) is 9.45. The van der Waals surface area contributed by atoms with Gasteiger partial charge in [-0.25, -0.2) is 0 Å². The smallest absolute Gasteiger partial charge is 0.324 e. The summed E-state index contributed by atoms with van der Waals surface area (Å²) in [4.78, 5) is 0. The van der Waals surface area contributed by atoms with Crippen molar-refractivity contribution in [1.82, 2.24) is 0 Å². The number of rotatable bonds is 14. The Morgan fingerprint density at radius 2 is 1.59 bits per heavy atom. The van der Waals surface area contributed by atoms with Gasteiger partial charge in [0.25, 0.3) is 0 Å². The van der Waals surface area contributed by atoms with Gasteiger partial charge in [0, 0.05) is 17.8 Å². The van der Waals surface area contributed by atoms with Gasteiger partial charge in [-0.1, -0.05) is 122 Å². The first kappa shape index (κ1) is 43.0. The van der Waals surface area contributed by atoms with Gasteiger partial charge >= 0.3 is 14.4 Å². The molecule has 59 heavy (non-hydrogen) atoms. The van der Waals surface area contributed by atoms with E-state index in [0.717, 1.165) is 53.8 Å². The summed E-state index contributed by atoms with van der Waals surface area (Å²) in [7, 11) is 0.488. The molecule has 3 aromatic carbocycles. The summed E-state index contributed by atoms with van der Waals surface area (Å²) in [6.07, 6.45) is 19.7. The van der Waals surface area contributed by atoms with Crippen LogP contribution in [-0.2, 0) is 20.5 Å². The highest BCUT2D eigenvalue weighted by molar-refractivity contribution is 6.66. The van der Waals surface area contributed by atoms with Gasteiger partial charge in [0.15, 0.2) is 0 Å². The Kier molecular flexibility index (Phi) is 12.2. The average molecular weight is 791 g/mol. The Labute approximate surface area is 355 Å². The maximum Gasteiger partial charge on any atom is 0.324 e. The van der Waals surface area contributed by atoms with E-state index < -0.39 is 22.4 Å². The zero-order chi connectivity index (χ0) is 42.3. The molecule has 0 saturated carbocycles. The summed E-state index contributed by atoms with van der Waals surface area (Å²) in [6, 6.07) is 26.8. The van der Waals surface area contributed by atoms with E-state index in [-0.39, 0.29) is 18.8 Å². The molecule has 4 atom stereocenters. The molecule has 0 bridgehead atoms. The fourth-order valence-corrected chi connectivity index (χ4v) is 8.66. The molecule has 1 aliphatic heterocycles. The van der Waals surface area contributed by atoms with Gasteiger partial charge in [0.05, 0.1) is 22.4 Å². The van der Waals surface area contributed by atoms with Crippen molar-refractivity contribution in [3.05, 3.63) is 160 Å². The Bertz CT molecular complexity index is 2220. The van der Waals surface area contributed by atoms with Crippen molar-refractivity contribution in [2.45, 2.75) is 129 Å². The maximum atomic E-state index is 10.8. The molecule has 0 aromatic heterocycles. The summed E-state index contributed by atoms with van der Waals surface area (Å²) in [5.74, 6) is 3.11. The minimum absolute atomic E-state index is 0.103. The van der Waals surface area contributed by atoms with Crippen LogP contribution in [0.5, 0.6) is 0 Å². The molecule has 3 aliphatic carbocycles. The zero-order valence-electron chi connectivity index (χ0n) is 37.0. The fourth-order valence-electron chi connectivity index (χ4n) is 8.66. The summed E-state index contributed by atoms with van der Waals surface area (Å²) in [5, 5.41) is 21.4. The van der Waals surface area contributed by atoms with Crippen LogP contribution >= 0.6 is 0 Å². The summed E-state index contributed by atoms with van der Waals surface area (Å²) >= 11 is 0.